The second kappa shape index (κ2) is 7.38. The third-order valence-electron chi connectivity index (χ3n) is 5.33. The summed E-state index contributed by atoms with van der Waals surface area (Å²) in [7, 11) is 0. The van der Waals surface area contributed by atoms with Gasteiger partial charge in [-0.2, -0.15) is 0 Å². The number of carbonyl (C=O) groups is 3. The number of amides is 3. The monoisotopic (exact) mass is 342 g/mol. The number of hydrogen-bond donors (Lipinski definition) is 1. The van der Waals surface area contributed by atoms with Crippen LogP contribution in [-0.2, 0) is 14.4 Å². The van der Waals surface area contributed by atoms with Crippen LogP contribution in [0.2, 0.25) is 0 Å². The largest absolute Gasteiger partial charge is 0.326 e. The van der Waals surface area contributed by atoms with Gasteiger partial charge < -0.3 is 5.32 Å². The smallest absolute Gasteiger partial charge is 0.233 e. The number of nitrogens with one attached hydrogen (secondary N) is 1. The summed E-state index contributed by atoms with van der Waals surface area (Å²) in [5, 5.41) is 2.87. The minimum atomic E-state index is -0.170. The maximum Gasteiger partial charge on any atom is 0.233 e. The molecule has 1 aromatic rings. The fourth-order valence-electron chi connectivity index (χ4n) is 3.86. The predicted molar refractivity (Wildman–Crippen MR) is 95.9 cm³/mol. The summed E-state index contributed by atoms with van der Waals surface area (Å²) in [6.07, 6.45) is 3.78. The molecule has 1 aliphatic carbocycles. The summed E-state index contributed by atoms with van der Waals surface area (Å²) in [4.78, 5) is 38.4. The number of nitrogens with zero attached hydrogens (tertiary/aromatic N) is 1. The molecule has 0 radical (unpaired) electrons. The normalized spacial score (nSPS) is 23.1. The molecule has 3 rings (SSSR count). The van der Waals surface area contributed by atoms with Crippen LogP contribution in [-0.4, -0.2) is 29.2 Å². The molecule has 1 aromatic carbocycles. The third-order valence-corrected chi connectivity index (χ3v) is 5.33. The quantitative estimate of drug-likeness (QED) is 0.835. The molecule has 2 fully saturated rings. The molecule has 5 nitrogen and oxygen atoms in total. The first-order chi connectivity index (χ1) is 12.0. The number of likely N-dealkylation sites (tertiary alicyclic amines) is 1. The number of fused-ring (bicyclic) bond motifs is 1. The van der Waals surface area contributed by atoms with Crippen molar-refractivity contribution in [3.8, 4) is 0 Å². The molecule has 1 N–H and O–H groups in total. The number of imide groups is 1. The number of benzene rings is 1. The Labute approximate surface area is 148 Å². The average molecular weight is 342 g/mol. The Kier molecular flexibility index (Phi) is 5.21. The van der Waals surface area contributed by atoms with E-state index in [-0.39, 0.29) is 42.5 Å². The average Bonchev–Trinajstić information content (AvgIpc) is 2.85. The molecule has 1 saturated carbocycles. The Bertz CT molecular complexity index is 659. The van der Waals surface area contributed by atoms with Crippen molar-refractivity contribution in [1.29, 1.82) is 0 Å². The maximum absolute atomic E-state index is 12.4. The van der Waals surface area contributed by atoms with Gasteiger partial charge in [0.15, 0.2) is 0 Å². The number of carbonyl (C=O) groups excluding carboxylic acids is 3. The van der Waals surface area contributed by atoms with E-state index < -0.39 is 0 Å². The van der Waals surface area contributed by atoms with E-state index in [0.29, 0.717) is 5.92 Å². The Balaban J connectivity index is 1.56. The summed E-state index contributed by atoms with van der Waals surface area (Å²) in [6.45, 7) is 4.39. The van der Waals surface area contributed by atoms with Gasteiger partial charge in [-0.25, -0.2) is 0 Å². The Hall–Kier alpha value is -2.17. The molecule has 3 amide bonds. The van der Waals surface area contributed by atoms with E-state index in [1.807, 2.05) is 24.3 Å². The second-order valence-corrected chi connectivity index (χ2v) is 7.40. The van der Waals surface area contributed by atoms with Gasteiger partial charge in [-0.1, -0.05) is 38.8 Å². The first kappa shape index (κ1) is 17.6. The second-order valence-electron chi connectivity index (χ2n) is 7.40. The molecule has 0 spiro atoms. The van der Waals surface area contributed by atoms with Crippen molar-refractivity contribution in [2.24, 2.45) is 11.8 Å². The standard InChI is InChI=1S/C20H26N2O3/c1-13(2)14-6-5-7-15(12-14)21-18(23)10-11-22-19(24)16-8-3-4-9-17(16)20(22)25/h5-7,12-13,16-17H,3-4,8-11H2,1-2H3,(H,21,23). The van der Waals surface area contributed by atoms with Gasteiger partial charge >= 0.3 is 0 Å². The van der Waals surface area contributed by atoms with E-state index in [4.69, 9.17) is 0 Å². The third kappa shape index (κ3) is 3.75. The van der Waals surface area contributed by atoms with Crippen molar-refractivity contribution in [1.82, 2.24) is 4.90 Å². The molecule has 0 aromatic heterocycles. The maximum atomic E-state index is 12.4. The van der Waals surface area contributed by atoms with Crippen LogP contribution in [0.1, 0.15) is 57.4 Å². The SMILES string of the molecule is CC(C)c1cccc(NC(=O)CCN2C(=O)C3CCCCC3C2=O)c1. The zero-order valence-electron chi connectivity index (χ0n) is 15.0. The topological polar surface area (TPSA) is 66.5 Å². The van der Waals surface area contributed by atoms with Crippen molar-refractivity contribution in [2.75, 3.05) is 11.9 Å². The number of rotatable bonds is 5. The number of anilines is 1. The molecule has 1 heterocycles. The Morgan fingerprint density at radius 2 is 1.80 bits per heavy atom. The first-order valence-electron chi connectivity index (χ1n) is 9.22. The van der Waals surface area contributed by atoms with Crippen molar-refractivity contribution >= 4 is 23.4 Å². The lowest BCUT2D eigenvalue weighted by molar-refractivity contribution is -0.140. The highest BCUT2D eigenvalue weighted by Crippen LogP contribution is 2.37. The van der Waals surface area contributed by atoms with Gasteiger partial charge in [0.25, 0.3) is 0 Å². The van der Waals surface area contributed by atoms with Gasteiger partial charge in [-0.15, -0.1) is 0 Å². The predicted octanol–water partition coefficient (Wildman–Crippen LogP) is 3.31. The van der Waals surface area contributed by atoms with Crippen LogP contribution in [0.4, 0.5) is 5.69 Å². The van der Waals surface area contributed by atoms with Gasteiger partial charge in [-0.05, 0) is 36.5 Å². The zero-order valence-corrected chi connectivity index (χ0v) is 15.0. The van der Waals surface area contributed by atoms with Crippen LogP contribution in [0.3, 0.4) is 0 Å². The fourth-order valence-corrected chi connectivity index (χ4v) is 3.86. The highest BCUT2D eigenvalue weighted by atomic mass is 16.2. The van der Waals surface area contributed by atoms with E-state index in [1.165, 1.54) is 4.90 Å². The van der Waals surface area contributed by atoms with Crippen LogP contribution in [0.15, 0.2) is 24.3 Å². The summed E-state index contributed by atoms with van der Waals surface area (Å²) >= 11 is 0. The van der Waals surface area contributed by atoms with Crippen LogP contribution >= 0.6 is 0 Å². The summed E-state index contributed by atoms with van der Waals surface area (Å²) in [6, 6.07) is 7.76. The van der Waals surface area contributed by atoms with Crippen molar-refractivity contribution in [2.45, 2.75) is 51.9 Å². The van der Waals surface area contributed by atoms with Gasteiger partial charge in [0.05, 0.1) is 11.8 Å². The summed E-state index contributed by atoms with van der Waals surface area (Å²) in [5.41, 5.74) is 1.91. The van der Waals surface area contributed by atoms with Crippen LogP contribution in [0.5, 0.6) is 0 Å². The van der Waals surface area contributed by atoms with Gasteiger partial charge in [-0.3, -0.25) is 19.3 Å². The highest BCUT2D eigenvalue weighted by molar-refractivity contribution is 6.05. The lowest BCUT2D eigenvalue weighted by Gasteiger charge is -2.19. The Morgan fingerprint density at radius 3 is 2.40 bits per heavy atom. The molecule has 134 valence electrons. The van der Waals surface area contributed by atoms with Gasteiger partial charge in [0.2, 0.25) is 17.7 Å². The minimum absolute atomic E-state index is 0.0793. The minimum Gasteiger partial charge on any atom is -0.326 e. The Morgan fingerprint density at radius 1 is 1.16 bits per heavy atom. The van der Waals surface area contributed by atoms with Crippen LogP contribution < -0.4 is 5.32 Å². The van der Waals surface area contributed by atoms with Crippen LogP contribution in [0, 0.1) is 11.8 Å². The molecule has 25 heavy (non-hydrogen) atoms. The summed E-state index contributed by atoms with van der Waals surface area (Å²) < 4.78 is 0. The zero-order chi connectivity index (χ0) is 18.0. The molecule has 1 aliphatic heterocycles. The van der Waals surface area contributed by atoms with E-state index in [2.05, 4.69) is 19.2 Å². The van der Waals surface area contributed by atoms with Crippen molar-refractivity contribution in [3.63, 3.8) is 0 Å². The molecule has 2 unspecified atom stereocenters. The van der Waals surface area contributed by atoms with E-state index >= 15 is 0 Å². The highest BCUT2D eigenvalue weighted by Gasteiger charge is 2.47. The molecular weight excluding hydrogens is 316 g/mol. The molecule has 2 aliphatic rings. The van der Waals surface area contributed by atoms with Crippen molar-refractivity contribution in [3.05, 3.63) is 29.8 Å². The van der Waals surface area contributed by atoms with E-state index in [1.54, 1.807) is 0 Å². The van der Waals surface area contributed by atoms with Crippen molar-refractivity contribution < 1.29 is 14.4 Å². The lowest BCUT2D eigenvalue weighted by Crippen LogP contribution is -2.34. The fraction of sp³-hybridized carbons (Fsp3) is 0.550. The van der Waals surface area contributed by atoms with E-state index in [0.717, 1.165) is 36.9 Å². The molecule has 2 atom stereocenters. The molecular formula is C20H26N2O3. The van der Waals surface area contributed by atoms with E-state index in [9.17, 15) is 14.4 Å². The number of hydrogen-bond acceptors (Lipinski definition) is 3. The molecule has 1 saturated heterocycles. The van der Waals surface area contributed by atoms with Crippen LogP contribution in [0.25, 0.3) is 0 Å². The summed E-state index contributed by atoms with van der Waals surface area (Å²) in [5.74, 6) is -0.232. The van der Waals surface area contributed by atoms with Gasteiger partial charge in [0, 0.05) is 18.7 Å². The molecule has 5 heteroatoms. The van der Waals surface area contributed by atoms with Gasteiger partial charge in [0.1, 0.15) is 0 Å². The molecule has 0 bridgehead atoms. The lowest BCUT2D eigenvalue weighted by atomic mass is 9.81. The first-order valence-corrected chi connectivity index (χ1v) is 9.22.